The van der Waals surface area contributed by atoms with E-state index < -0.39 is 0 Å². The molecule has 3 heterocycles. The number of rotatable bonds is 6. The van der Waals surface area contributed by atoms with Gasteiger partial charge in [0.25, 0.3) is 0 Å². The van der Waals surface area contributed by atoms with Gasteiger partial charge < -0.3 is 9.64 Å². The number of hydrogen-bond acceptors (Lipinski definition) is 4. The number of carbonyl (C=O) groups is 1. The van der Waals surface area contributed by atoms with E-state index in [9.17, 15) is 4.79 Å². The number of aryl methyl sites for hydroxylation is 1. The number of methoxy groups -OCH3 is 1. The zero-order chi connectivity index (χ0) is 20.9. The van der Waals surface area contributed by atoms with Crippen LogP contribution in [0.5, 0.6) is 5.75 Å². The minimum Gasteiger partial charge on any atom is -0.496 e. The van der Waals surface area contributed by atoms with Crippen LogP contribution in [0.3, 0.4) is 0 Å². The van der Waals surface area contributed by atoms with Gasteiger partial charge in [-0.2, -0.15) is 0 Å². The summed E-state index contributed by atoms with van der Waals surface area (Å²) in [5.41, 5.74) is 4.69. The van der Waals surface area contributed by atoms with Gasteiger partial charge in [0.2, 0.25) is 5.91 Å². The molecule has 1 amide bonds. The van der Waals surface area contributed by atoms with Gasteiger partial charge in [0.15, 0.2) is 0 Å². The highest BCUT2D eigenvalue weighted by Gasteiger charge is 2.26. The Morgan fingerprint density at radius 3 is 2.73 bits per heavy atom. The molecular weight excluding hydrogens is 374 g/mol. The molecule has 2 aliphatic rings. The summed E-state index contributed by atoms with van der Waals surface area (Å²) < 4.78 is 5.53. The van der Waals surface area contributed by atoms with Crippen molar-refractivity contribution in [1.82, 2.24) is 14.8 Å². The van der Waals surface area contributed by atoms with Gasteiger partial charge >= 0.3 is 0 Å². The average molecular weight is 408 g/mol. The first-order valence-corrected chi connectivity index (χ1v) is 11.2. The highest BCUT2D eigenvalue weighted by Crippen LogP contribution is 2.28. The fourth-order valence-electron chi connectivity index (χ4n) is 4.85. The highest BCUT2D eigenvalue weighted by molar-refractivity contribution is 5.78. The molecule has 1 aromatic heterocycles. The van der Waals surface area contributed by atoms with Gasteiger partial charge in [-0.15, -0.1) is 0 Å². The summed E-state index contributed by atoms with van der Waals surface area (Å²) in [6.45, 7) is 6.42. The molecule has 0 aliphatic carbocycles. The Hall–Kier alpha value is -2.40. The van der Waals surface area contributed by atoms with Crippen LogP contribution in [0.4, 0.5) is 0 Å². The molecule has 0 N–H and O–H groups in total. The fraction of sp³-hybridized carbons (Fsp3) is 0.520. The summed E-state index contributed by atoms with van der Waals surface area (Å²) in [5, 5.41) is 0. The van der Waals surface area contributed by atoms with E-state index in [1.807, 2.05) is 17.0 Å². The van der Waals surface area contributed by atoms with E-state index in [0.29, 0.717) is 18.4 Å². The van der Waals surface area contributed by atoms with Crippen molar-refractivity contribution < 1.29 is 9.53 Å². The van der Waals surface area contributed by atoms with Crippen LogP contribution in [0.2, 0.25) is 0 Å². The zero-order valence-electron chi connectivity index (χ0n) is 18.3. The molecule has 0 unspecified atom stereocenters. The number of piperidine rings is 1. The third-order valence-corrected chi connectivity index (χ3v) is 6.36. The molecule has 0 saturated carbocycles. The molecule has 1 atom stereocenters. The van der Waals surface area contributed by atoms with Gasteiger partial charge in [-0.25, -0.2) is 0 Å². The Kier molecular flexibility index (Phi) is 6.68. The van der Waals surface area contributed by atoms with E-state index in [-0.39, 0.29) is 0 Å². The lowest BCUT2D eigenvalue weighted by atomic mass is 9.92. The number of benzene rings is 1. The summed E-state index contributed by atoms with van der Waals surface area (Å²) >= 11 is 0. The van der Waals surface area contributed by atoms with E-state index in [0.717, 1.165) is 69.7 Å². The lowest BCUT2D eigenvalue weighted by Gasteiger charge is -2.33. The number of amides is 1. The van der Waals surface area contributed by atoms with Crippen LogP contribution in [-0.2, 0) is 11.2 Å². The summed E-state index contributed by atoms with van der Waals surface area (Å²) in [5.74, 6) is 1.61. The number of ether oxygens (including phenoxy) is 1. The summed E-state index contributed by atoms with van der Waals surface area (Å²) in [6, 6.07) is 12.6. The maximum absolute atomic E-state index is 12.6. The van der Waals surface area contributed by atoms with Gasteiger partial charge in [-0.1, -0.05) is 18.2 Å². The fourth-order valence-corrected chi connectivity index (χ4v) is 4.85. The van der Waals surface area contributed by atoms with Gasteiger partial charge in [0, 0.05) is 43.4 Å². The second-order valence-corrected chi connectivity index (χ2v) is 8.69. The van der Waals surface area contributed by atoms with Gasteiger partial charge in [0.05, 0.1) is 13.7 Å². The maximum Gasteiger partial charge on any atom is 0.236 e. The van der Waals surface area contributed by atoms with Gasteiger partial charge in [-0.3, -0.25) is 14.7 Å². The zero-order valence-corrected chi connectivity index (χ0v) is 18.3. The molecule has 0 radical (unpaired) electrons. The second kappa shape index (κ2) is 9.61. The summed E-state index contributed by atoms with van der Waals surface area (Å²) in [7, 11) is 1.72. The molecule has 0 spiro atoms. The minimum absolute atomic E-state index is 0.294. The van der Waals surface area contributed by atoms with Gasteiger partial charge in [-0.05, 0) is 68.5 Å². The van der Waals surface area contributed by atoms with Crippen molar-refractivity contribution in [1.29, 1.82) is 0 Å². The molecule has 160 valence electrons. The van der Waals surface area contributed by atoms with Crippen LogP contribution < -0.4 is 4.74 Å². The normalized spacial score (nSPS) is 19.8. The third-order valence-electron chi connectivity index (χ3n) is 6.36. The lowest BCUT2D eigenvalue weighted by Crippen LogP contribution is -2.43. The van der Waals surface area contributed by atoms with Crippen molar-refractivity contribution in [2.75, 3.05) is 39.8 Å². The Labute approximate surface area is 180 Å². The van der Waals surface area contributed by atoms with E-state index in [1.54, 1.807) is 7.11 Å². The number of pyridine rings is 1. The smallest absolute Gasteiger partial charge is 0.236 e. The standard InChI is InChI=1S/C25H33N3O2/c1-19-14-20(15-21-8-3-4-10-24(21)30-2)16-23(26-19)22-9-7-11-27(17-22)18-25(29)28-12-5-6-13-28/h3-4,8,10,14,16,22H,5-7,9,11-13,15,17-18H2,1-2H3/t22-/m0/s1. The second-order valence-electron chi connectivity index (χ2n) is 8.69. The number of aromatic nitrogens is 1. The Bertz CT molecular complexity index is 876. The number of likely N-dealkylation sites (tertiary alicyclic amines) is 2. The Balaban J connectivity index is 1.45. The molecule has 2 saturated heterocycles. The predicted molar refractivity (Wildman–Crippen MR) is 119 cm³/mol. The molecule has 2 aromatic rings. The van der Waals surface area contributed by atoms with Crippen LogP contribution in [0.1, 0.15) is 54.1 Å². The quantitative estimate of drug-likeness (QED) is 0.731. The topological polar surface area (TPSA) is 45.7 Å². The van der Waals surface area contributed by atoms with Crippen LogP contribution in [-0.4, -0.2) is 60.5 Å². The molecule has 5 nitrogen and oxygen atoms in total. The first kappa shape index (κ1) is 20.9. The first-order valence-electron chi connectivity index (χ1n) is 11.2. The SMILES string of the molecule is COc1ccccc1Cc1cc(C)nc([C@H]2CCCN(CC(=O)N3CCCC3)C2)c1. The molecule has 30 heavy (non-hydrogen) atoms. The Morgan fingerprint density at radius 1 is 1.13 bits per heavy atom. The van der Waals surface area contributed by atoms with Crippen molar-refractivity contribution in [3.8, 4) is 5.75 Å². The number of nitrogens with zero attached hydrogens (tertiary/aromatic N) is 3. The molecule has 2 aliphatic heterocycles. The van der Waals surface area contributed by atoms with Crippen LogP contribution in [0.25, 0.3) is 0 Å². The molecule has 0 bridgehead atoms. The third kappa shape index (κ3) is 5.01. The molecule has 1 aromatic carbocycles. The minimum atomic E-state index is 0.294. The van der Waals surface area contributed by atoms with Gasteiger partial charge in [0.1, 0.15) is 5.75 Å². The largest absolute Gasteiger partial charge is 0.496 e. The monoisotopic (exact) mass is 407 g/mol. The molecule has 4 rings (SSSR count). The van der Waals surface area contributed by atoms with Crippen molar-refractivity contribution in [2.24, 2.45) is 0 Å². The van der Waals surface area contributed by atoms with E-state index in [4.69, 9.17) is 9.72 Å². The van der Waals surface area contributed by atoms with Crippen molar-refractivity contribution in [3.63, 3.8) is 0 Å². The van der Waals surface area contributed by atoms with E-state index in [1.165, 1.54) is 16.8 Å². The van der Waals surface area contributed by atoms with Crippen LogP contribution >= 0.6 is 0 Å². The van der Waals surface area contributed by atoms with E-state index >= 15 is 0 Å². The Morgan fingerprint density at radius 2 is 1.93 bits per heavy atom. The molecular formula is C25H33N3O2. The van der Waals surface area contributed by atoms with Crippen LogP contribution in [0.15, 0.2) is 36.4 Å². The van der Waals surface area contributed by atoms with Crippen molar-refractivity contribution in [3.05, 3.63) is 58.9 Å². The molecule has 5 heteroatoms. The average Bonchev–Trinajstić information content (AvgIpc) is 3.29. The predicted octanol–water partition coefficient (Wildman–Crippen LogP) is 3.79. The molecule has 2 fully saturated rings. The lowest BCUT2D eigenvalue weighted by molar-refractivity contribution is -0.131. The summed E-state index contributed by atoms with van der Waals surface area (Å²) in [6.07, 6.45) is 5.39. The van der Waals surface area contributed by atoms with Crippen molar-refractivity contribution >= 4 is 5.91 Å². The number of para-hydroxylation sites is 1. The maximum atomic E-state index is 12.6. The van der Waals surface area contributed by atoms with Crippen molar-refractivity contribution in [2.45, 2.75) is 44.9 Å². The number of hydrogen-bond donors (Lipinski definition) is 0. The first-order chi connectivity index (χ1) is 14.6. The number of carbonyl (C=O) groups excluding carboxylic acids is 1. The highest BCUT2D eigenvalue weighted by atomic mass is 16.5. The summed E-state index contributed by atoms with van der Waals surface area (Å²) in [4.78, 5) is 21.8. The van der Waals surface area contributed by atoms with E-state index in [2.05, 4.69) is 36.1 Å². The van der Waals surface area contributed by atoms with Crippen LogP contribution in [0, 0.1) is 6.92 Å².